The van der Waals surface area contributed by atoms with E-state index in [4.69, 9.17) is 21.6 Å². The van der Waals surface area contributed by atoms with Crippen molar-refractivity contribution < 1.29 is 14.6 Å². The Bertz CT molecular complexity index is 931. The number of benzene rings is 1. The first kappa shape index (κ1) is 18.9. The zero-order valence-corrected chi connectivity index (χ0v) is 14.8. The molecule has 9 N–H and O–H groups in total. The minimum absolute atomic E-state index is 0.0535. The number of nitrogens with one attached hydrogen (secondary N) is 4. The number of allylic oxidation sites excluding steroid dienone is 1. The van der Waals surface area contributed by atoms with E-state index in [1.807, 2.05) is 0 Å². The van der Waals surface area contributed by atoms with Gasteiger partial charge >= 0.3 is 0 Å². The van der Waals surface area contributed by atoms with E-state index in [1.54, 1.807) is 18.2 Å². The number of rotatable bonds is 6. The van der Waals surface area contributed by atoms with Gasteiger partial charge in [0.05, 0.1) is 11.4 Å². The smallest absolute Gasteiger partial charge is 0.254 e. The van der Waals surface area contributed by atoms with E-state index in [-0.39, 0.29) is 29.6 Å². The SMILES string of the molecule is N=CC(=CN)Nc1nc(Nc2ccc3c(c2)NC[C@H](O)CO3)ncc1C(N)=O. The van der Waals surface area contributed by atoms with Gasteiger partial charge in [-0.05, 0) is 18.2 Å². The van der Waals surface area contributed by atoms with E-state index in [0.29, 0.717) is 23.7 Å². The van der Waals surface area contributed by atoms with E-state index >= 15 is 0 Å². The summed E-state index contributed by atoms with van der Waals surface area (Å²) < 4.78 is 5.52. The largest absolute Gasteiger partial charge is 0.489 e. The minimum atomic E-state index is -0.722. The average Bonchev–Trinajstić information content (AvgIpc) is 2.87. The highest BCUT2D eigenvalue weighted by Gasteiger charge is 2.16. The van der Waals surface area contributed by atoms with Crippen LogP contribution in [0.1, 0.15) is 10.4 Å². The zero-order valence-electron chi connectivity index (χ0n) is 14.8. The standard InChI is InChI=1S/C17H20N8O3/c18-4-10(5-19)23-16-12(15(20)27)7-22-17(25-16)24-9-1-2-14-13(3-9)21-6-11(26)8-28-14/h1-5,7,11,18,21,26H,6,8,19H2,(H2,20,27)(H2,22,23,24,25)/t11-/m0/s1. The minimum Gasteiger partial charge on any atom is -0.489 e. The van der Waals surface area contributed by atoms with Gasteiger partial charge in [-0.1, -0.05) is 0 Å². The van der Waals surface area contributed by atoms with Crippen LogP contribution in [0.4, 0.5) is 23.1 Å². The molecule has 146 valence electrons. The molecule has 0 fully saturated rings. The fraction of sp³-hybridized carbons (Fsp3) is 0.176. The van der Waals surface area contributed by atoms with Gasteiger partial charge in [-0.25, -0.2) is 4.98 Å². The van der Waals surface area contributed by atoms with Crippen LogP contribution in [0, 0.1) is 5.41 Å². The van der Waals surface area contributed by atoms with Gasteiger partial charge in [0, 0.05) is 30.8 Å². The Labute approximate surface area is 160 Å². The van der Waals surface area contributed by atoms with Crippen molar-refractivity contribution in [1.29, 1.82) is 5.41 Å². The first-order chi connectivity index (χ1) is 13.5. The van der Waals surface area contributed by atoms with Gasteiger partial charge in [0.2, 0.25) is 5.95 Å². The first-order valence-corrected chi connectivity index (χ1v) is 8.32. The monoisotopic (exact) mass is 384 g/mol. The third-order valence-corrected chi connectivity index (χ3v) is 3.85. The molecule has 2 aromatic rings. The third kappa shape index (κ3) is 4.27. The number of fused-ring (bicyclic) bond motifs is 1. The number of primary amides is 1. The third-order valence-electron chi connectivity index (χ3n) is 3.85. The quantitative estimate of drug-likeness (QED) is 0.345. The van der Waals surface area contributed by atoms with Crippen molar-refractivity contribution in [3.63, 3.8) is 0 Å². The maximum Gasteiger partial charge on any atom is 0.254 e. The van der Waals surface area contributed by atoms with Gasteiger partial charge in [-0.15, -0.1) is 0 Å². The van der Waals surface area contributed by atoms with Gasteiger partial charge < -0.3 is 42.7 Å². The number of hydrogen-bond donors (Lipinski definition) is 7. The number of hydrogen-bond acceptors (Lipinski definition) is 10. The van der Waals surface area contributed by atoms with Crippen LogP contribution < -0.4 is 32.2 Å². The lowest BCUT2D eigenvalue weighted by molar-refractivity contribution is 0.100. The molecule has 28 heavy (non-hydrogen) atoms. The lowest BCUT2D eigenvalue weighted by Gasteiger charge is -2.13. The summed E-state index contributed by atoms with van der Waals surface area (Å²) in [5, 5.41) is 25.9. The van der Waals surface area contributed by atoms with Crippen LogP contribution in [-0.4, -0.2) is 46.5 Å². The predicted octanol–water partition coefficient (Wildman–Crippen LogP) is 0.346. The number of carbonyl (C=O) groups excluding carboxylic acids is 1. The summed E-state index contributed by atoms with van der Waals surface area (Å²) >= 11 is 0. The first-order valence-electron chi connectivity index (χ1n) is 8.32. The normalized spacial score (nSPS) is 16.0. The number of aromatic nitrogens is 2. The van der Waals surface area contributed by atoms with Crippen LogP contribution in [0.5, 0.6) is 5.75 Å². The van der Waals surface area contributed by atoms with Crippen molar-refractivity contribution in [2.45, 2.75) is 6.10 Å². The summed E-state index contributed by atoms with van der Waals surface area (Å²) in [6, 6.07) is 5.30. The molecule has 3 rings (SSSR count). The Morgan fingerprint density at radius 1 is 1.46 bits per heavy atom. The molecule has 11 heteroatoms. The van der Waals surface area contributed by atoms with Crippen molar-refractivity contribution in [3.05, 3.63) is 41.9 Å². The molecule has 11 nitrogen and oxygen atoms in total. The molecule has 0 radical (unpaired) electrons. The number of nitrogens with zero attached hydrogens (tertiary/aromatic N) is 2. The number of aliphatic hydroxyl groups excluding tert-OH is 1. The van der Waals surface area contributed by atoms with Crippen molar-refractivity contribution in [3.8, 4) is 5.75 Å². The lowest BCUT2D eigenvalue weighted by Crippen LogP contribution is -2.23. The van der Waals surface area contributed by atoms with Gasteiger partial charge in [0.25, 0.3) is 5.91 Å². The maximum absolute atomic E-state index is 11.6. The molecule has 1 amide bonds. The molecule has 0 saturated heterocycles. The fourth-order valence-corrected chi connectivity index (χ4v) is 2.45. The highest BCUT2D eigenvalue weighted by Crippen LogP contribution is 2.31. The molecule has 1 aliphatic rings. The summed E-state index contributed by atoms with van der Waals surface area (Å²) in [6.07, 6.45) is 2.83. The molecule has 0 unspecified atom stereocenters. The van der Waals surface area contributed by atoms with Crippen LogP contribution in [0.15, 0.2) is 36.3 Å². The summed E-state index contributed by atoms with van der Waals surface area (Å²) in [5.74, 6) is 0.214. The van der Waals surface area contributed by atoms with Crippen LogP contribution in [-0.2, 0) is 0 Å². The Kier molecular flexibility index (Phi) is 5.56. The van der Waals surface area contributed by atoms with E-state index < -0.39 is 12.0 Å². The molecule has 0 bridgehead atoms. The number of nitrogens with two attached hydrogens (primary N) is 2. The molecular weight excluding hydrogens is 364 g/mol. The zero-order chi connectivity index (χ0) is 20.1. The molecule has 0 spiro atoms. The van der Waals surface area contributed by atoms with Crippen molar-refractivity contribution in [2.75, 3.05) is 29.1 Å². The Balaban J connectivity index is 1.86. The molecule has 1 aromatic carbocycles. The van der Waals surface area contributed by atoms with Crippen LogP contribution in [0.2, 0.25) is 0 Å². The number of aliphatic hydroxyl groups is 1. The molecule has 0 saturated carbocycles. The summed E-state index contributed by atoms with van der Waals surface area (Å²) in [4.78, 5) is 19.9. The second kappa shape index (κ2) is 8.22. The Hall–Kier alpha value is -3.86. The molecule has 2 heterocycles. The Morgan fingerprint density at radius 3 is 3.00 bits per heavy atom. The average molecular weight is 384 g/mol. The van der Waals surface area contributed by atoms with Crippen LogP contribution in [0.3, 0.4) is 0 Å². The molecule has 1 aromatic heterocycles. The van der Waals surface area contributed by atoms with Crippen molar-refractivity contribution in [2.24, 2.45) is 11.5 Å². The van der Waals surface area contributed by atoms with Crippen LogP contribution in [0.25, 0.3) is 0 Å². The second-order valence-corrected chi connectivity index (χ2v) is 5.89. The second-order valence-electron chi connectivity index (χ2n) is 5.89. The van der Waals surface area contributed by atoms with E-state index in [2.05, 4.69) is 25.9 Å². The summed E-state index contributed by atoms with van der Waals surface area (Å²) in [5.41, 5.74) is 12.4. The number of β-amino-alcohol motifs (C(OH)–C–C–N with tert-alkyl or cyclic N) is 1. The van der Waals surface area contributed by atoms with E-state index in [9.17, 15) is 9.90 Å². The van der Waals surface area contributed by atoms with Gasteiger partial charge in [0.15, 0.2) is 0 Å². The number of carbonyl (C=O) groups is 1. The lowest BCUT2D eigenvalue weighted by atomic mass is 10.2. The van der Waals surface area contributed by atoms with E-state index in [0.717, 1.165) is 6.21 Å². The predicted molar refractivity (Wildman–Crippen MR) is 105 cm³/mol. The topological polar surface area (TPSA) is 184 Å². The van der Waals surface area contributed by atoms with Gasteiger partial charge in [-0.3, -0.25) is 4.79 Å². The van der Waals surface area contributed by atoms with Crippen molar-refractivity contribution >= 4 is 35.3 Å². The van der Waals surface area contributed by atoms with Crippen molar-refractivity contribution in [1.82, 2.24) is 9.97 Å². The van der Waals surface area contributed by atoms with Gasteiger partial charge in [-0.2, -0.15) is 4.98 Å². The molecule has 1 atom stereocenters. The highest BCUT2D eigenvalue weighted by molar-refractivity contribution is 5.98. The molecule has 1 aliphatic heterocycles. The molecular formula is C17H20N8O3. The highest BCUT2D eigenvalue weighted by atomic mass is 16.5. The van der Waals surface area contributed by atoms with Crippen LogP contribution >= 0.6 is 0 Å². The summed E-state index contributed by atoms with van der Waals surface area (Å²) in [7, 11) is 0. The maximum atomic E-state index is 11.6. The molecule has 0 aliphatic carbocycles. The Morgan fingerprint density at radius 2 is 2.29 bits per heavy atom. The fourth-order valence-electron chi connectivity index (χ4n) is 2.45. The van der Waals surface area contributed by atoms with E-state index in [1.165, 1.54) is 12.4 Å². The number of amides is 1. The number of ether oxygens (including phenoxy) is 1. The number of anilines is 4. The summed E-state index contributed by atoms with van der Waals surface area (Å²) in [6.45, 7) is 0.579. The van der Waals surface area contributed by atoms with Gasteiger partial charge in [0.1, 0.15) is 29.8 Å².